The van der Waals surface area contributed by atoms with Gasteiger partial charge in [0.05, 0.1) is 22.0 Å². The number of hydrogen-bond donors (Lipinski definition) is 1. The second-order valence-electron chi connectivity index (χ2n) is 5.33. The molecule has 7 heteroatoms. The lowest BCUT2D eigenvalue weighted by atomic mass is 9.93. The minimum atomic E-state index is -4.18. The molecule has 20 heavy (non-hydrogen) atoms. The van der Waals surface area contributed by atoms with Crippen molar-refractivity contribution in [2.75, 3.05) is 0 Å². The quantitative estimate of drug-likeness (QED) is 0.870. The van der Waals surface area contributed by atoms with Gasteiger partial charge in [-0.15, -0.1) is 0 Å². The second-order valence-corrected chi connectivity index (χ2v) is 5.70. The van der Waals surface area contributed by atoms with Crippen LogP contribution in [0.25, 0.3) is 0 Å². The number of alkyl halides is 3. The largest absolute Gasteiger partial charge is 0.390 e. The maximum absolute atomic E-state index is 12.1. The van der Waals surface area contributed by atoms with Crippen molar-refractivity contribution in [1.82, 2.24) is 9.78 Å². The van der Waals surface area contributed by atoms with Crippen molar-refractivity contribution in [3.05, 3.63) is 16.4 Å². The van der Waals surface area contributed by atoms with E-state index < -0.39 is 18.2 Å². The summed E-state index contributed by atoms with van der Waals surface area (Å²) in [6, 6.07) is 0. The van der Waals surface area contributed by atoms with Crippen molar-refractivity contribution in [1.29, 1.82) is 0 Å². The van der Waals surface area contributed by atoms with Crippen LogP contribution in [-0.4, -0.2) is 26.7 Å². The van der Waals surface area contributed by atoms with Crippen LogP contribution in [-0.2, 0) is 19.9 Å². The summed E-state index contributed by atoms with van der Waals surface area (Å²) in [5.74, 6) is 0. The molecule has 0 fully saturated rings. The fourth-order valence-corrected chi connectivity index (χ4v) is 2.49. The Morgan fingerprint density at radius 3 is 2.35 bits per heavy atom. The number of aliphatic hydroxyl groups is 1. The molecular weight excluding hydrogens is 293 g/mol. The number of rotatable bonds is 6. The Hall–Kier alpha value is -0.750. The highest BCUT2D eigenvalue weighted by Gasteiger charge is 2.30. The lowest BCUT2D eigenvalue weighted by molar-refractivity contribution is -0.137. The second kappa shape index (κ2) is 6.35. The Balaban J connectivity index is 2.69. The van der Waals surface area contributed by atoms with Gasteiger partial charge in [0.15, 0.2) is 0 Å². The maximum atomic E-state index is 12.1. The van der Waals surface area contributed by atoms with Gasteiger partial charge in [0.1, 0.15) is 0 Å². The molecule has 0 bridgehead atoms. The lowest BCUT2D eigenvalue weighted by Gasteiger charge is -2.23. The molecule has 0 radical (unpaired) electrons. The zero-order valence-electron chi connectivity index (χ0n) is 11.9. The molecule has 116 valence electrons. The van der Waals surface area contributed by atoms with Gasteiger partial charge in [-0.2, -0.15) is 18.3 Å². The highest BCUT2D eigenvalue weighted by molar-refractivity contribution is 6.31. The molecule has 0 aromatic carbocycles. The van der Waals surface area contributed by atoms with Crippen LogP contribution in [0.4, 0.5) is 13.2 Å². The fourth-order valence-electron chi connectivity index (χ4n) is 2.13. The van der Waals surface area contributed by atoms with Crippen LogP contribution >= 0.6 is 11.6 Å². The van der Waals surface area contributed by atoms with E-state index in [9.17, 15) is 18.3 Å². The molecule has 0 aliphatic heterocycles. The molecule has 0 saturated carbocycles. The van der Waals surface area contributed by atoms with Crippen molar-refractivity contribution in [3.63, 3.8) is 0 Å². The maximum Gasteiger partial charge on any atom is 0.389 e. The average molecular weight is 313 g/mol. The van der Waals surface area contributed by atoms with Gasteiger partial charge in [-0.1, -0.05) is 18.5 Å². The van der Waals surface area contributed by atoms with Crippen molar-refractivity contribution in [3.8, 4) is 0 Å². The summed E-state index contributed by atoms with van der Waals surface area (Å²) in [6.07, 6.45) is -4.25. The zero-order valence-corrected chi connectivity index (χ0v) is 12.6. The standard InChI is InChI=1S/C13H20ClF3N2O/c1-4-9-11(14)10(19(3)18-9)8-12(2,20)6-5-7-13(15,16)17/h20H,4-8H2,1-3H3. The molecule has 1 atom stereocenters. The number of halogens is 4. The predicted octanol–water partition coefficient (Wildman–Crippen LogP) is 3.66. The SMILES string of the molecule is CCc1nn(C)c(CC(C)(O)CCCC(F)(F)F)c1Cl. The Morgan fingerprint density at radius 2 is 1.90 bits per heavy atom. The van der Waals surface area contributed by atoms with E-state index in [0.29, 0.717) is 17.1 Å². The van der Waals surface area contributed by atoms with Crippen LogP contribution in [0.3, 0.4) is 0 Å². The first-order valence-corrected chi connectivity index (χ1v) is 6.93. The van der Waals surface area contributed by atoms with E-state index >= 15 is 0 Å². The normalized spacial score (nSPS) is 15.4. The van der Waals surface area contributed by atoms with Gasteiger partial charge in [0.25, 0.3) is 0 Å². The summed E-state index contributed by atoms with van der Waals surface area (Å²) in [7, 11) is 1.71. The van der Waals surface area contributed by atoms with Gasteiger partial charge < -0.3 is 5.11 Å². The number of aryl methyl sites for hydroxylation is 2. The summed E-state index contributed by atoms with van der Waals surface area (Å²) in [5, 5.41) is 14.9. The van der Waals surface area contributed by atoms with Crippen molar-refractivity contribution in [2.24, 2.45) is 7.05 Å². The highest BCUT2D eigenvalue weighted by Crippen LogP contribution is 2.29. The molecule has 0 aliphatic rings. The molecule has 0 amide bonds. The van der Waals surface area contributed by atoms with E-state index in [2.05, 4.69) is 5.10 Å². The van der Waals surface area contributed by atoms with Gasteiger partial charge >= 0.3 is 6.18 Å². The van der Waals surface area contributed by atoms with Gasteiger partial charge in [-0.25, -0.2) is 0 Å². The molecular formula is C13H20ClF3N2O. The molecule has 1 N–H and O–H groups in total. The fraction of sp³-hybridized carbons (Fsp3) is 0.769. The third kappa shape index (κ3) is 4.98. The average Bonchev–Trinajstić information content (AvgIpc) is 2.54. The third-order valence-electron chi connectivity index (χ3n) is 3.23. The molecule has 0 saturated heterocycles. The number of aromatic nitrogens is 2. The minimum Gasteiger partial charge on any atom is -0.390 e. The molecule has 1 aromatic rings. The van der Waals surface area contributed by atoms with Crippen LogP contribution in [0.2, 0.25) is 5.02 Å². The smallest absolute Gasteiger partial charge is 0.389 e. The van der Waals surface area contributed by atoms with E-state index in [-0.39, 0.29) is 19.3 Å². The molecule has 0 spiro atoms. The van der Waals surface area contributed by atoms with Crippen molar-refractivity contribution in [2.45, 2.75) is 57.7 Å². The van der Waals surface area contributed by atoms with Gasteiger partial charge in [-0.3, -0.25) is 4.68 Å². The molecule has 1 heterocycles. The van der Waals surface area contributed by atoms with Crippen LogP contribution in [0.5, 0.6) is 0 Å². The van der Waals surface area contributed by atoms with Crippen molar-refractivity contribution >= 4 is 11.6 Å². The summed E-state index contributed by atoms with van der Waals surface area (Å²) >= 11 is 6.17. The Morgan fingerprint density at radius 1 is 1.30 bits per heavy atom. The highest BCUT2D eigenvalue weighted by atomic mass is 35.5. The van der Waals surface area contributed by atoms with E-state index in [1.165, 1.54) is 6.92 Å². The van der Waals surface area contributed by atoms with Crippen LogP contribution in [0, 0.1) is 0 Å². The van der Waals surface area contributed by atoms with Gasteiger partial charge in [0, 0.05) is 19.9 Å². The van der Waals surface area contributed by atoms with Crippen LogP contribution in [0.15, 0.2) is 0 Å². The summed E-state index contributed by atoms with van der Waals surface area (Å²) in [4.78, 5) is 0. The third-order valence-corrected chi connectivity index (χ3v) is 3.66. The van der Waals surface area contributed by atoms with Crippen LogP contribution < -0.4 is 0 Å². The minimum absolute atomic E-state index is 0.0650. The first-order chi connectivity index (χ1) is 9.06. The van der Waals surface area contributed by atoms with Crippen LogP contribution in [0.1, 0.15) is 44.5 Å². The Bertz CT molecular complexity index is 455. The van der Waals surface area contributed by atoms with Gasteiger partial charge in [-0.05, 0) is 26.2 Å². The summed E-state index contributed by atoms with van der Waals surface area (Å²) in [6.45, 7) is 3.44. The van der Waals surface area contributed by atoms with E-state index in [4.69, 9.17) is 11.6 Å². The molecule has 0 aliphatic carbocycles. The zero-order chi connectivity index (χ0) is 15.6. The summed E-state index contributed by atoms with van der Waals surface area (Å²) < 4.78 is 37.9. The monoisotopic (exact) mass is 312 g/mol. The molecule has 1 rings (SSSR count). The predicted molar refractivity (Wildman–Crippen MR) is 71.8 cm³/mol. The topological polar surface area (TPSA) is 38.0 Å². The first kappa shape index (κ1) is 17.3. The first-order valence-electron chi connectivity index (χ1n) is 6.55. The Kier molecular flexibility index (Phi) is 5.49. The van der Waals surface area contributed by atoms with E-state index in [1.54, 1.807) is 11.7 Å². The van der Waals surface area contributed by atoms with E-state index in [1.807, 2.05) is 6.92 Å². The lowest BCUT2D eigenvalue weighted by Crippen LogP contribution is -2.29. The molecule has 1 aromatic heterocycles. The van der Waals surface area contributed by atoms with Gasteiger partial charge in [0.2, 0.25) is 0 Å². The number of nitrogens with zero attached hydrogens (tertiary/aromatic N) is 2. The van der Waals surface area contributed by atoms with E-state index in [0.717, 1.165) is 5.69 Å². The summed E-state index contributed by atoms with van der Waals surface area (Å²) in [5.41, 5.74) is 0.157. The Labute approximate surface area is 121 Å². The molecule has 1 unspecified atom stereocenters. The molecule has 3 nitrogen and oxygen atoms in total. The van der Waals surface area contributed by atoms with Crippen molar-refractivity contribution < 1.29 is 18.3 Å². The number of hydrogen-bond acceptors (Lipinski definition) is 2.